The van der Waals surface area contributed by atoms with Gasteiger partial charge in [0.25, 0.3) is 0 Å². The maximum absolute atomic E-state index is 12.2. The van der Waals surface area contributed by atoms with Crippen LogP contribution in [0.4, 0.5) is 5.69 Å². The van der Waals surface area contributed by atoms with Gasteiger partial charge in [-0.25, -0.2) is 4.98 Å². The van der Waals surface area contributed by atoms with E-state index in [2.05, 4.69) is 10.3 Å². The molecule has 0 unspecified atom stereocenters. The first-order valence-electron chi connectivity index (χ1n) is 8.14. The van der Waals surface area contributed by atoms with Crippen molar-refractivity contribution >= 4 is 33.1 Å². The molecule has 1 heterocycles. The van der Waals surface area contributed by atoms with E-state index in [1.165, 1.54) is 0 Å². The quantitative estimate of drug-likeness (QED) is 0.686. The highest BCUT2D eigenvalue weighted by atomic mass is 32.1. The molecule has 0 fully saturated rings. The van der Waals surface area contributed by atoms with Crippen LogP contribution in [-0.4, -0.2) is 24.6 Å². The molecular weight excluding hydrogens is 336 g/mol. The number of amides is 1. The Balaban J connectivity index is 1.60. The molecule has 0 aliphatic rings. The van der Waals surface area contributed by atoms with Gasteiger partial charge in [-0.05, 0) is 31.2 Å². The smallest absolute Gasteiger partial charge is 0.224 e. The second kappa shape index (κ2) is 7.98. The molecule has 1 aromatic heterocycles. The summed E-state index contributed by atoms with van der Waals surface area (Å²) in [5.74, 6) is 1.22. The summed E-state index contributed by atoms with van der Waals surface area (Å²) in [5.41, 5.74) is 1.67. The van der Waals surface area contributed by atoms with Gasteiger partial charge in [0.2, 0.25) is 5.91 Å². The minimum atomic E-state index is -0.0505. The summed E-state index contributed by atoms with van der Waals surface area (Å²) >= 11 is 1.63. The molecule has 130 valence electrons. The van der Waals surface area contributed by atoms with Gasteiger partial charge >= 0.3 is 0 Å². The largest absolute Gasteiger partial charge is 0.493 e. The molecule has 3 rings (SSSR count). The van der Waals surface area contributed by atoms with Crippen molar-refractivity contribution in [2.45, 2.75) is 19.8 Å². The van der Waals surface area contributed by atoms with Crippen molar-refractivity contribution < 1.29 is 14.3 Å². The average Bonchev–Trinajstić information content (AvgIpc) is 3.04. The van der Waals surface area contributed by atoms with E-state index in [0.29, 0.717) is 36.6 Å². The summed E-state index contributed by atoms with van der Waals surface area (Å²) in [6.45, 7) is 2.47. The van der Waals surface area contributed by atoms with Crippen molar-refractivity contribution in [3.63, 3.8) is 0 Å². The highest BCUT2D eigenvalue weighted by Gasteiger charge is 2.10. The number of carbonyl (C=O) groups excluding carboxylic acids is 1. The standard InChI is InChI=1S/C19H20N2O3S/c1-3-24-15-9-8-13(12-16(15)23-2)20-18(22)10-11-19-21-14-6-4-5-7-17(14)25-19/h4-9,12H,3,10-11H2,1-2H3,(H,20,22). The van der Waals surface area contributed by atoms with Crippen molar-refractivity contribution in [1.29, 1.82) is 0 Å². The molecule has 5 nitrogen and oxygen atoms in total. The Labute approximate surface area is 150 Å². The number of ether oxygens (including phenoxy) is 2. The molecule has 0 bridgehead atoms. The fourth-order valence-electron chi connectivity index (χ4n) is 2.49. The number of thiazole rings is 1. The van der Waals surface area contributed by atoms with Gasteiger partial charge in [-0.2, -0.15) is 0 Å². The third-order valence-corrected chi connectivity index (χ3v) is 4.75. The van der Waals surface area contributed by atoms with Crippen LogP contribution in [0.2, 0.25) is 0 Å². The lowest BCUT2D eigenvalue weighted by atomic mass is 10.2. The number of methoxy groups -OCH3 is 1. The minimum absolute atomic E-state index is 0.0505. The monoisotopic (exact) mass is 356 g/mol. The zero-order valence-corrected chi connectivity index (χ0v) is 15.1. The van der Waals surface area contributed by atoms with E-state index in [-0.39, 0.29) is 5.91 Å². The summed E-state index contributed by atoms with van der Waals surface area (Å²) in [4.78, 5) is 16.8. The van der Waals surface area contributed by atoms with E-state index < -0.39 is 0 Å². The molecule has 6 heteroatoms. The van der Waals surface area contributed by atoms with Crippen LogP contribution in [0.1, 0.15) is 18.4 Å². The Kier molecular flexibility index (Phi) is 5.50. The molecule has 1 amide bonds. The van der Waals surface area contributed by atoms with Crippen LogP contribution in [0.15, 0.2) is 42.5 Å². The third kappa shape index (κ3) is 4.28. The fraction of sp³-hybridized carbons (Fsp3) is 0.263. The summed E-state index contributed by atoms with van der Waals surface area (Å²) in [7, 11) is 1.58. The van der Waals surface area contributed by atoms with E-state index in [4.69, 9.17) is 9.47 Å². The first-order chi connectivity index (χ1) is 12.2. The Morgan fingerprint density at radius 2 is 2.04 bits per heavy atom. The number of hydrogen-bond donors (Lipinski definition) is 1. The van der Waals surface area contributed by atoms with Gasteiger partial charge in [0.15, 0.2) is 11.5 Å². The Morgan fingerprint density at radius 3 is 2.80 bits per heavy atom. The van der Waals surface area contributed by atoms with E-state index in [1.54, 1.807) is 30.6 Å². The molecule has 0 spiro atoms. The van der Waals surface area contributed by atoms with Crippen LogP contribution in [0.5, 0.6) is 11.5 Å². The molecule has 3 aromatic rings. The van der Waals surface area contributed by atoms with Crippen molar-refractivity contribution in [3.8, 4) is 11.5 Å². The van der Waals surface area contributed by atoms with Gasteiger partial charge in [0.05, 0.1) is 28.9 Å². The van der Waals surface area contributed by atoms with Crippen LogP contribution in [0, 0.1) is 0 Å². The second-order valence-electron chi connectivity index (χ2n) is 5.42. The summed E-state index contributed by atoms with van der Waals surface area (Å²) in [6.07, 6.45) is 1.01. The van der Waals surface area contributed by atoms with Gasteiger partial charge in [-0.1, -0.05) is 12.1 Å². The summed E-state index contributed by atoms with van der Waals surface area (Å²) in [5, 5.41) is 3.87. The Hall–Kier alpha value is -2.60. The molecule has 1 N–H and O–H groups in total. The van der Waals surface area contributed by atoms with Gasteiger partial charge in [-0.15, -0.1) is 11.3 Å². The number of benzene rings is 2. The number of fused-ring (bicyclic) bond motifs is 1. The summed E-state index contributed by atoms with van der Waals surface area (Å²) < 4.78 is 11.9. The predicted octanol–water partition coefficient (Wildman–Crippen LogP) is 4.27. The summed E-state index contributed by atoms with van der Waals surface area (Å²) in [6, 6.07) is 13.4. The van der Waals surface area contributed by atoms with Crippen molar-refractivity contribution in [1.82, 2.24) is 4.98 Å². The molecule has 0 saturated heterocycles. The van der Waals surface area contributed by atoms with E-state index in [1.807, 2.05) is 37.3 Å². The number of nitrogens with one attached hydrogen (secondary N) is 1. The van der Waals surface area contributed by atoms with Gasteiger partial charge in [0.1, 0.15) is 0 Å². The van der Waals surface area contributed by atoms with E-state index in [9.17, 15) is 4.79 Å². The SMILES string of the molecule is CCOc1ccc(NC(=O)CCc2nc3ccccc3s2)cc1OC. The number of aromatic nitrogens is 1. The molecule has 0 aliphatic heterocycles. The number of carbonyl (C=O) groups is 1. The zero-order chi connectivity index (χ0) is 17.6. The predicted molar refractivity (Wildman–Crippen MR) is 101 cm³/mol. The first kappa shape index (κ1) is 17.2. The number of rotatable bonds is 7. The molecule has 0 saturated carbocycles. The lowest BCUT2D eigenvalue weighted by Crippen LogP contribution is -2.12. The lowest BCUT2D eigenvalue weighted by Gasteiger charge is -2.11. The second-order valence-corrected chi connectivity index (χ2v) is 6.54. The fourth-order valence-corrected chi connectivity index (χ4v) is 3.46. The molecule has 2 aromatic carbocycles. The van der Waals surface area contributed by atoms with Crippen LogP contribution in [0.3, 0.4) is 0 Å². The number of anilines is 1. The number of hydrogen-bond acceptors (Lipinski definition) is 5. The van der Waals surface area contributed by atoms with Crippen molar-refractivity contribution in [2.24, 2.45) is 0 Å². The number of nitrogens with zero attached hydrogens (tertiary/aromatic N) is 1. The maximum Gasteiger partial charge on any atom is 0.224 e. The van der Waals surface area contributed by atoms with E-state index in [0.717, 1.165) is 15.2 Å². The van der Waals surface area contributed by atoms with Crippen LogP contribution in [0.25, 0.3) is 10.2 Å². The lowest BCUT2D eigenvalue weighted by molar-refractivity contribution is -0.116. The topological polar surface area (TPSA) is 60.5 Å². The zero-order valence-electron chi connectivity index (χ0n) is 14.2. The third-order valence-electron chi connectivity index (χ3n) is 3.65. The number of aryl methyl sites for hydroxylation is 1. The van der Waals surface area contributed by atoms with Crippen molar-refractivity contribution in [3.05, 3.63) is 47.5 Å². The molecule has 0 atom stereocenters. The molecule has 25 heavy (non-hydrogen) atoms. The first-order valence-corrected chi connectivity index (χ1v) is 8.96. The van der Waals surface area contributed by atoms with Crippen LogP contribution >= 0.6 is 11.3 Å². The van der Waals surface area contributed by atoms with E-state index >= 15 is 0 Å². The highest BCUT2D eigenvalue weighted by molar-refractivity contribution is 7.18. The van der Waals surface area contributed by atoms with Crippen LogP contribution < -0.4 is 14.8 Å². The number of para-hydroxylation sites is 1. The Bertz CT molecular complexity index is 843. The van der Waals surface area contributed by atoms with Crippen LogP contribution in [-0.2, 0) is 11.2 Å². The maximum atomic E-state index is 12.2. The molecular formula is C19H20N2O3S. The molecule has 0 radical (unpaired) electrons. The minimum Gasteiger partial charge on any atom is -0.493 e. The molecule has 0 aliphatic carbocycles. The highest BCUT2D eigenvalue weighted by Crippen LogP contribution is 2.30. The van der Waals surface area contributed by atoms with Gasteiger partial charge < -0.3 is 14.8 Å². The van der Waals surface area contributed by atoms with Gasteiger partial charge in [-0.3, -0.25) is 4.79 Å². The average molecular weight is 356 g/mol. The normalized spacial score (nSPS) is 10.6. The van der Waals surface area contributed by atoms with Gasteiger partial charge in [0, 0.05) is 24.6 Å². The Morgan fingerprint density at radius 1 is 1.20 bits per heavy atom. The van der Waals surface area contributed by atoms with Crippen molar-refractivity contribution in [2.75, 3.05) is 19.0 Å².